The summed E-state index contributed by atoms with van der Waals surface area (Å²) in [6, 6.07) is 16.5. The second-order valence-electron chi connectivity index (χ2n) is 8.07. The smallest absolute Gasteiger partial charge is 0.326 e. The van der Waals surface area contributed by atoms with Crippen LogP contribution in [0.1, 0.15) is 43.2 Å². The second kappa shape index (κ2) is 12.3. The average molecular weight is 447 g/mol. The Balaban J connectivity index is 0.00000341. The molecule has 2 aromatic carbocycles. The zero-order valence-electron chi connectivity index (χ0n) is 17.5. The van der Waals surface area contributed by atoms with E-state index in [2.05, 4.69) is 5.32 Å². The molecule has 1 unspecified atom stereocenters. The summed E-state index contributed by atoms with van der Waals surface area (Å²) in [6.07, 6.45) is 4.31. The number of carbonyl (C=O) groups is 2. The van der Waals surface area contributed by atoms with E-state index in [0.29, 0.717) is 24.7 Å². The first-order valence-electron chi connectivity index (χ1n) is 10.5. The summed E-state index contributed by atoms with van der Waals surface area (Å²) in [6.45, 7) is 0.472. The normalized spacial score (nSPS) is 19.0. The van der Waals surface area contributed by atoms with Gasteiger partial charge >= 0.3 is 5.97 Å². The third-order valence-corrected chi connectivity index (χ3v) is 5.61. The summed E-state index contributed by atoms with van der Waals surface area (Å²) < 4.78 is 5.76. The molecule has 0 radical (unpaired) electrons. The molecule has 1 aliphatic rings. The van der Waals surface area contributed by atoms with E-state index < -0.39 is 12.0 Å². The fourth-order valence-electron chi connectivity index (χ4n) is 3.81. The number of benzene rings is 2. The van der Waals surface area contributed by atoms with Crippen LogP contribution in [0.3, 0.4) is 0 Å². The number of carboxylic acid groups (broad SMARTS) is 1. The minimum absolute atomic E-state index is 0. The first-order valence-corrected chi connectivity index (χ1v) is 10.5. The average Bonchev–Trinajstić information content (AvgIpc) is 2.75. The maximum absolute atomic E-state index is 12.3. The lowest BCUT2D eigenvalue weighted by Gasteiger charge is -2.26. The van der Waals surface area contributed by atoms with Crippen LogP contribution in [0, 0.1) is 5.92 Å². The lowest BCUT2D eigenvalue weighted by atomic mass is 9.84. The Kier molecular flexibility index (Phi) is 9.82. The molecule has 168 valence electrons. The van der Waals surface area contributed by atoms with E-state index in [9.17, 15) is 14.7 Å². The van der Waals surface area contributed by atoms with E-state index in [-0.39, 0.29) is 30.8 Å². The molecular weight excluding hydrogens is 416 g/mol. The summed E-state index contributed by atoms with van der Waals surface area (Å²) in [7, 11) is 0. The van der Waals surface area contributed by atoms with Gasteiger partial charge in [-0.25, -0.2) is 4.79 Å². The van der Waals surface area contributed by atoms with Gasteiger partial charge in [-0.15, -0.1) is 12.4 Å². The van der Waals surface area contributed by atoms with E-state index in [1.54, 1.807) is 0 Å². The van der Waals surface area contributed by atoms with Gasteiger partial charge in [0.15, 0.2) is 0 Å². The van der Waals surface area contributed by atoms with Crippen LogP contribution in [0.2, 0.25) is 0 Å². The van der Waals surface area contributed by atoms with Gasteiger partial charge in [0.2, 0.25) is 5.91 Å². The summed E-state index contributed by atoms with van der Waals surface area (Å²) in [4.78, 5) is 24.0. The molecule has 0 spiro atoms. The van der Waals surface area contributed by atoms with Gasteiger partial charge in [0.05, 0.1) is 0 Å². The number of nitrogens with two attached hydrogens (primary N) is 1. The number of amides is 1. The van der Waals surface area contributed by atoms with Crippen molar-refractivity contribution in [1.82, 2.24) is 5.32 Å². The molecule has 0 aliphatic heterocycles. The molecule has 7 heteroatoms. The number of halogens is 1. The van der Waals surface area contributed by atoms with Crippen LogP contribution < -0.4 is 15.8 Å². The third kappa shape index (κ3) is 8.23. The molecule has 4 N–H and O–H groups in total. The zero-order valence-corrected chi connectivity index (χ0v) is 18.4. The highest BCUT2D eigenvalue weighted by atomic mass is 35.5. The molecule has 1 saturated carbocycles. The fourth-order valence-corrected chi connectivity index (χ4v) is 3.81. The largest absolute Gasteiger partial charge is 0.489 e. The molecule has 1 aliphatic carbocycles. The highest BCUT2D eigenvalue weighted by Crippen LogP contribution is 2.25. The number of aliphatic carboxylic acids is 1. The lowest BCUT2D eigenvalue weighted by molar-refractivity contribution is -0.142. The molecule has 2 aromatic rings. The van der Waals surface area contributed by atoms with Gasteiger partial charge in [-0.2, -0.15) is 0 Å². The van der Waals surface area contributed by atoms with Crippen molar-refractivity contribution in [1.29, 1.82) is 0 Å². The van der Waals surface area contributed by atoms with Crippen LogP contribution >= 0.6 is 12.4 Å². The molecule has 1 amide bonds. The minimum atomic E-state index is -1.03. The Morgan fingerprint density at radius 3 is 2.26 bits per heavy atom. The molecule has 0 saturated heterocycles. The van der Waals surface area contributed by atoms with Gasteiger partial charge in [0, 0.05) is 18.9 Å². The molecule has 3 rings (SSSR count). The summed E-state index contributed by atoms with van der Waals surface area (Å²) in [5.41, 5.74) is 7.82. The van der Waals surface area contributed by atoms with E-state index in [1.807, 2.05) is 54.6 Å². The van der Waals surface area contributed by atoms with Crippen LogP contribution in [-0.4, -0.2) is 29.1 Å². The predicted molar refractivity (Wildman–Crippen MR) is 122 cm³/mol. The molecular formula is C24H31ClN2O4. The summed E-state index contributed by atoms with van der Waals surface area (Å²) >= 11 is 0. The topological polar surface area (TPSA) is 102 Å². The third-order valence-electron chi connectivity index (χ3n) is 5.61. The van der Waals surface area contributed by atoms with Crippen molar-refractivity contribution < 1.29 is 19.4 Å². The van der Waals surface area contributed by atoms with Crippen LogP contribution in [-0.2, 0) is 22.6 Å². The minimum Gasteiger partial charge on any atom is -0.489 e. The molecule has 0 bridgehead atoms. The van der Waals surface area contributed by atoms with Crippen molar-refractivity contribution in [2.75, 3.05) is 0 Å². The van der Waals surface area contributed by atoms with Gasteiger partial charge in [-0.05, 0) is 54.9 Å². The SMILES string of the molecule is Cl.NC1CCC(CC(=O)NC(Cc2ccc(OCc3ccccc3)cc2)C(=O)O)CC1. The number of carbonyl (C=O) groups excluding carboxylic acids is 1. The predicted octanol–water partition coefficient (Wildman–Crippen LogP) is 3.71. The highest BCUT2D eigenvalue weighted by molar-refractivity contribution is 5.85. The summed E-state index contributed by atoms with van der Waals surface area (Å²) in [5, 5.41) is 12.2. The molecule has 0 heterocycles. The van der Waals surface area contributed by atoms with Gasteiger partial charge in [-0.1, -0.05) is 42.5 Å². The molecule has 1 fully saturated rings. The van der Waals surface area contributed by atoms with E-state index in [1.165, 1.54) is 0 Å². The molecule has 0 aromatic heterocycles. The second-order valence-corrected chi connectivity index (χ2v) is 8.07. The lowest BCUT2D eigenvalue weighted by Crippen LogP contribution is -2.43. The number of ether oxygens (including phenoxy) is 1. The van der Waals surface area contributed by atoms with Gasteiger partial charge in [-0.3, -0.25) is 4.79 Å². The Hall–Kier alpha value is -2.57. The van der Waals surface area contributed by atoms with Gasteiger partial charge in [0.25, 0.3) is 0 Å². The van der Waals surface area contributed by atoms with E-state index in [0.717, 1.165) is 36.8 Å². The summed E-state index contributed by atoms with van der Waals surface area (Å²) in [5.74, 6) is -0.224. The van der Waals surface area contributed by atoms with Crippen molar-refractivity contribution in [2.24, 2.45) is 11.7 Å². The Morgan fingerprint density at radius 1 is 1.00 bits per heavy atom. The van der Waals surface area contributed by atoms with Gasteiger partial charge < -0.3 is 20.9 Å². The number of rotatable bonds is 9. The van der Waals surface area contributed by atoms with Crippen LogP contribution in [0.5, 0.6) is 5.75 Å². The highest BCUT2D eigenvalue weighted by Gasteiger charge is 2.24. The Bertz CT molecular complexity index is 821. The zero-order chi connectivity index (χ0) is 21.3. The van der Waals surface area contributed by atoms with Crippen LogP contribution in [0.4, 0.5) is 0 Å². The molecule has 6 nitrogen and oxygen atoms in total. The van der Waals surface area contributed by atoms with E-state index in [4.69, 9.17) is 10.5 Å². The standard InChI is InChI=1S/C24H30N2O4.ClH/c25-20-10-6-18(7-11-20)15-23(27)26-22(24(28)29)14-17-8-12-21(13-9-17)30-16-19-4-2-1-3-5-19;/h1-5,8-9,12-13,18,20,22H,6-7,10-11,14-16,25H2,(H,26,27)(H,28,29);1H. The number of hydrogen-bond donors (Lipinski definition) is 3. The van der Waals surface area contributed by atoms with Crippen molar-refractivity contribution >= 4 is 24.3 Å². The van der Waals surface area contributed by atoms with Crippen LogP contribution in [0.25, 0.3) is 0 Å². The maximum Gasteiger partial charge on any atom is 0.326 e. The molecule has 31 heavy (non-hydrogen) atoms. The Morgan fingerprint density at radius 2 is 1.65 bits per heavy atom. The quantitative estimate of drug-likeness (QED) is 0.545. The Labute approximate surface area is 189 Å². The van der Waals surface area contributed by atoms with Crippen molar-refractivity contribution in [3.8, 4) is 5.75 Å². The monoisotopic (exact) mass is 446 g/mol. The number of hydrogen-bond acceptors (Lipinski definition) is 4. The maximum atomic E-state index is 12.3. The van der Waals surface area contributed by atoms with Crippen molar-refractivity contribution in [3.63, 3.8) is 0 Å². The van der Waals surface area contributed by atoms with Crippen LogP contribution in [0.15, 0.2) is 54.6 Å². The fraction of sp³-hybridized carbons (Fsp3) is 0.417. The first-order chi connectivity index (χ1) is 14.5. The van der Waals surface area contributed by atoms with Gasteiger partial charge in [0.1, 0.15) is 18.4 Å². The molecule has 1 atom stereocenters. The van der Waals surface area contributed by atoms with Crippen molar-refractivity contribution in [2.45, 2.75) is 57.2 Å². The van der Waals surface area contributed by atoms with E-state index >= 15 is 0 Å². The van der Waals surface area contributed by atoms with Crippen molar-refractivity contribution in [3.05, 3.63) is 65.7 Å². The number of nitrogens with one attached hydrogen (secondary N) is 1. The number of carboxylic acids is 1. The first kappa shape index (κ1) is 24.7.